The number of hydrogen-bond donors (Lipinski definition) is 3. The zero-order valence-electron chi connectivity index (χ0n) is 10.4. The van der Waals surface area contributed by atoms with Crippen molar-refractivity contribution in [3.05, 3.63) is 39.3 Å². The highest BCUT2D eigenvalue weighted by Gasteiger charge is 2.15. The quantitative estimate of drug-likeness (QED) is 0.685. The summed E-state index contributed by atoms with van der Waals surface area (Å²) < 4.78 is 0. The van der Waals surface area contributed by atoms with E-state index < -0.39 is 23.2 Å². The van der Waals surface area contributed by atoms with Crippen LogP contribution in [0.25, 0.3) is 11.0 Å². The van der Waals surface area contributed by atoms with E-state index in [1.807, 2.05) is 19.2 Å². The van der Waals surface area contributed by atoms with Gasteiger partial charge in [0.25, 0.3) is 11.5 Å². The average Bonchev–Trinajstić information content (AvgIpc) is 2.29. The highest BCUT2D eigenvalue weighted by molar-refractivity contribution is 6.03. The second-order valence-corrected chi connectivity index (χ2v) is 4.19. The summed E-state index contributed by atoms with van der Waals surface area (Å²) in [6.45, 7) is 3.80. The lowest BCUT2D eigenvalue weighted by molar-refractivity contribution is 0.0960. The molecule has 0 bridgehead atoms. The lowest BCUT2D eigenvalue weighted by Crippen LogP contribution is -2.38. The molecule has 0 fully saturated rings. The van der Waals surface area contributed by atoms with Crippen molar-refractivity contribution in [2.45, 2.75) is 13.8 Å². The maximum absolute atomic E-state index is 11.7. The smallest absolute Gasteiger partial charge is 0.319 e. The zero-order valence-corrected chi connectivity index (χ0v) is 10.4. The fourth-order valence-electron chi connectivity index (χ4n) is 1.67. The van der Waals surface area contributed by atoms with Gasteiger partial charge in [-0.1, -0.05) is 0 Å². The largest absolute Gasteiger partial charge is 0.351 e. The van der Waals surface area contributed by atoms with Gasteiger partial charge < -0.3 is 10.7 Å². The summed E-state index contributed by atoms with van der Waals surface area (Å²) in [6.07, 6.45) is 0. The number of imide groups is 1. The van der Waals surface area contributed by atoms with E-state index in [9.17, 15) is 14.4 Å². The number of H-pyrrole nitrogens is 1. The predicted octanol–water partition coefficient (Wildman–Crippen LogP) is 0.348. The number of benzene rings is 1. The van der Waals surface area contributed by atoms with E-state index in [1.54, 1.807) is 12.1 Å². The van der Waals surface area contributed by atoms with Crippen LogP contribution in [0.5, 0.6) is 0 Å². The van der Waals surface area contributed by atoms with Gasteiger partial charge in [0.1, 0.15) is 0 Å². The third-order valence-electron chi connectivity index (χ3n) is 2.76. The van der Waals surface area contributed by atoms with Crippen molar-refractivity contribution in [1.29, 1.82) is 0 Å². The van der Waals surface area contributed by atoms with Crippen LogP contribution in [0.1, 0.15) is 21.6 Å². The Kier molecular flexibility index (Phi) is 3.04. The second kappa shape index (κ2) is 4.52. The molecule has 1 aromatic carbocycles. The molecule has 1 aromatic heterocycles. The number of aromatic nitrogens is 2. The van der Waals surface area contributed by atoms with Gasteiger partial charge >= 0.3 is 6.03 Å². The highest BCUT2D eigenvalue weighted by Crippen LogP contribution is 2.14. The van der Waals surface area contributed by atoms with E-state index in [1.165, 1.54) is 0 Å². The molecule has 0 spiro atoms. The third-order valence-corrected chi connectivity index (χ3v) is 2.76. The molecule has 0 aliphatic heterocycles. The van der Waals surface area contributed by atoms with Crippen LogP contribution in [0.2, 0.25) is 0 Å². The molecular formula is C12H12N4O3. The number of nitrogens with one attached hydrogen (secondary N) is 2. The van der Waals surface area contributed by atoms with Gasteiger partial charge in [-0.3, -0.25) is 14.9 Å². The number of rotatable bonds is 1. The molecule has 1 heterocycles. The molecule has 98 valence electrons. The lowest BCUT2D eigenvalue weighted by Gasteiger charge is -2.05. The Labute approximate surface area is 107 Å². The van der Waals surface area contributed by atoms with Gasteiger partial charge in [-0.15, -0.1) is 0 Å². The van der Waals surface area contributed by atoms with E-state index in [0.717, 1.165) is 11.1 Å². The standard InChI is InChI=1S/C12H12N4O3/c1-5-3-7-8(4-6(5)2)15-10(17)9(14-7)11(18)16-12(13)19/h3-4H,1-2H3,(H,15,17)(H3,13,16,18,19). The Balaban J connectivity index is 2.61. The molecule has 2 aromatic rings. The summed E-state index contributed by atoms with van der Waals surface area (Å²) in [4.78, 5) is 40.4. The molecule has 7 nitrogen and oxygen atoms in total. The summed E-state index contributed by atoms with van der Waals surface area (Å²) in [5.74, 6) is -0.922. The van der Waals surface area contributed by atoms with E-state index in [2.05, 4.69) is 9.97 Å². The van der Waals surface area contributed by atoms with Crippen molar-refractivity contribution >= 4 is 23.0 Å². The van der Waals surface area contributed by atoms with Gasteiger partial charge in [0.05, 0.1) is 11.0 Å². The fourth-order valence-corrected chi connectivity index (χ4v) is 1.67. The van der Waals surface area contributed by atoms with Gasteiger partial charge in [-0.25, -0.2) is 9.78 Å². The number of urea groups is 1. The van der Waals surface area contributed by atoms with Gasteiger partial charge in [0, 0.05) is 0 Å². The molecule has 0 unspecified atom stereocenters. The summed E-state index contributed by atoms with van der Waals surface area (Å²) in [7, 11) is 0. The van der Waals surface area contributed by atoms with Crippen LogP contribution in [0, 0.1) is 13.8 Å². The first-order valence-corrected chi connectivity index (χ1v) is 5.50. The van der Waals surface area contributed by atoms with Crippen molar-refractivity contribution in [3.63, 3.8) is 0 Å². The molecule has 0 atom stereocenters. The van der Waals surface area contributed by atoms with Crippen LogP contribution in [-0.4, -0.2) is 21.9 Å². The zero-order chi connectivity index (χ0) is 14.2. The van der Waals surface area contributed by atoms with Crippen molar-refractivity contribution in [2.75, 3.05) is 0 Å². The first kappa shape index (κ1) is 12.7. The number of fused-ring (bicyclic) bond motifs is 1. The molecule has 4 N–H and O–H groups in total. The van der Waals surface area contributed by atoms with Gasteiger partial charge in [0.2, 0.25) is 0 Å². The molecule has 0 aliphatic carbocycles. The molecule has 19 heavy (non-hydrogen) atoms. The summed E-state index contributed by atoms with van der Waals surface area (Å²) in [6, 6.07) is 2.49. The minimum absolute atomic E-state index is 0.394. The number of carbonyl (C=O) groups is 2. The molecule has 3 amide bonds. The Morgan fingerprint density at radius 1 is 1.26 bits per heavy atom. The summed E-state index contributed by atoms with van der Waals surface area (Å²) in [5.41, 5.74) is 6.74. The number of primary amides is 1. The maximum atomic E-state index is 11.7. The van der Waals surface area contributed by atoms with Crippen LogP contribution in [0.4, 0.5) is 4.79 Å². The van der Waals surface area contributed by atoms with Gasteiger partial charge in [0.15, 0.2) is 5.69 Å². The van der Waals surface area contributed by atoms with Crippen LogP contribution in [-0.2, 0) is 0 Å². The monoisotopic (exact) mass is 260 g/mol. The highest BCUT2D eigenvalue weighted by atomic mass is 16.2. The predicted molar refractivity (Wildman–Crippen MR) is 68.9 cm³/mol. The number of hydrogen-bond acceptors (Lipinski definition) is 4. The summed E-state index contributed by atoms with van der Waals surface area (Å²) >= 11 is 0. The molecule has 0 radical (unpaired) electrons. The summed E-state index contributed by atoms with van der Waals surface area (Å²) in [5, 5.41) is 1.81. The molecule has 0 saturated carbocycles. The lowest BCUT2D eigenvalue weighted by atomic mass is 10.1. The normalized spacial score (nSPS) is 10.4. The van der Waals surface area contributed by atoms with Crippen molar-refractivity contribution in [2.24, 2.45) is 5.73 Å². The molecule has 0 saturated heterocycles. The van der Waals surface area contributed by atoms with Crippen LogP contribution in [0.15, 0.2) is 16.9 Å². The Bertz CT molecular complexity index is 748. The van der Waals surface area contributed by atoms with Gasteiger partial charge in [-0.05, 0) is 37.1 Å². The third kappa shape index (κ3) is 2.44. The van der Waals surface area contributed by atoms with Gasteiger partial charge in [-0.2, -0.15) is 0 Å². The fraction of sp³-hybridized carbons (Fsp3) is 0.167. The van der Waals surface area contributed by atoms with Crippen molar-refractivity contribution in [1.82, 2.24) is 15.3 Å². The Morgan fingerprint density at radius 3 is 2.53 bits per heavy atom. The number of aryl methyl sites for hydroxylation is 2. The van der Waals surface area contributed by atoms with Crippen LogP contribution in [0.3, 0.4) is 0 Å². The molecule has 0 aliphatic rings. The number of nitrogens with zero attached hydrogens (tertiary/aromatic N) is 1. The Hall–Kier alpha value is -2.70. The number of amides is 3. The topological polar surface area (TPSA) is 118 Å². The first-order valence-electron chi connectivity index (χ1n) is 5.50. The van der Waals surface area contributed by atoms with Crippen LogP contribution >= 0.6 is 0 Å². The van der Waals surface area contributed by atoms with Crippen LogP contribution < -0.4 is 16.6 Å². The first-order chi connectivity index (χ1) is 8.88. The van der Waals surface area contributed by atoms with E-state index >= 15 is 0 Å². The maximum Gasteiger partial charge on any atom is 0.319 e. The average molecular weight is 260 g/mol. The van der Waals surface area contributed by atoms with E-state index in [4.69, 9.17) is 5.73 Å². The number of carbonyl (C=O) groups excluding carboxylic acids is 2. The second-order valence-electron chi connectivity index (χ2n) is 4.19. The number of nitrogens with two attached hydrogens (primary N) is 1. The minimum Gasteiger partial charge on any atom is -0.351 e. The number of aromatic amines is 1. The van der Waals surface area contributed by atoms with Crippen molar-refractivity contribution < 1.29 is 9.59 Å². The van der Waals surface area contributed by atoms with E-state index in [0.29, 0.717) is 11.0 Å². The molecule has 7 heteroatoms. The van der Waals surface area contributed by atoms with Crippen molar-refractivity contribution in [3.8, 4) is 0 Å². The molecule has 2 rings (SSSR count). The minimum atomic E-state index is -1.04. The molecular weight excluding hydrogens is 248 g/mol. The Morgan fingerprint density at radius 2 is 1.89 bits per heavy atom. The van der Waals surface area contributed by atoms with E-state index in [-0.39, 0.29) is 0 Å². The SMILES string of the molecule is Cc1cc2nc(C(=O)NC(N)=O)c(=O)[nH]c2cc1C.